The van der Waals surface area contributed by atoms with Crippen LogP contribution in [0.25, 0.3) is 0 Å². The van der Waals surface area contributed by atoms with E-state index >= 15 is 0 Å². The average molecular weight is 440 g/mol. The lowest BCUT2D eigenvalue weighted by Crippen LogP contribution is -2.28. The number of hydrogen-bond donors (Lipinski definition) is 2. The van der Waals surface area contributed by atoms with E-state index in [1.54, 1.807) is 36.4 Å². The molecular formula is C24H28N2O6. The van der Waals surface area contributed by atoms with Gasteiger partial charge in [-0.25, -0.2) is 4.79 Å². The summed E-state index contributed by atoms with van der Waals surface area (Å²) >= 11 is 0. The fraction of sp³-hybridized carbons (Fsp3) is 0.375. The lowest BCUT2D eigenvalue weighted by Gasteiger charge is -2.14. The standard InChI is InChI=1S/C24H28N2O6/c1-15(2)13-31-20-11-8-16(12-21(20)30-3)24(29)32-14-22(27)26-19-7-5-4-6-18(19)23(28)25-17-9-10-17/h4-8,11-12,15,17H,9-10,13-14H2,1-3H3,(H,25,28)(H,26,27). The maximum Gasteiger partial charge on any atom is 0.338 e. The maximum atomic E-state index is 12.4. The second-order valence-corrected chi connectivity index (χ2v) is 7.99. The zero-order valence-corrected chi connectivity index (χ0v) is 18.5. The SMILES string of the molecule is COc1cc(C(=O)OCC(=O)Nc2ccccc2C(=O)NC2CC2)ccc1OCC(C)C. The number of esters is 1. The van der Waals surface area contributed by atoms with Gasteiger partial charge in [-0.05, 0) is 49.1 Å². The summed E-state index contributed by atoms with van der Waals surface area (Å²) in [5.41, 5.74) is 0.955. The molecule has 2 aromatic carbocycles. The number of hydrogen-bond acceptors (Lipinski definition) is 6. The van der Waals surface area contributed by atoms with Crippen molar-refractivity contribution in [3.63, 3.8) is 0 Å². The Kier molecular flexibility index (Phi) is 7.70. The Morgan fingerprint density at radius 2 is 1.81 bits per heavy atom. The summed E-state index contributed by atoms with van der Waals surface area (Å²) < 4.78 is 16.1. The van der Waals surface area contributed by atoms with Crippen LogP contribution in [-0.4, -0.2) is 44.1 Å². The van der Waals surface area contributed by atoms with E-state index in [1.165, 1.54) is 13.2 Å². The van der Waals surface area contributed by atoms with Gasteiger partial charge in [0, 0.05) is 6.04 Å². The molecule has 0 unspecified atom stereocenters. The Bertz CT molecular complexity index is 984. The van der Waals surface area contributed by atoms with E-state index in [0.717, 1.165) is 12.8 Å². The van der Waals surface area contributed by atoms with Gasteiger partial charge >= 0.3 is 5.97 Å². The smallest absolute Gasteiger partial charge is 0.338 e. The van der Waals surface area contributed by atoms with Gasteiger partial charge in [-0.2, -0.15) is 0 Å². The summed E-state index contributed by atoms with van der Waals surface area (Å²) in [6.07, 6.45) is 1.93. The van der Waals surface area contributed by atoms with Gasteiger partial charge in [0.15, 0.2) is 18.1 Å². The van der Waals surface area contributed by atoms with Crippen molar-refractivity contribution in [2.45, 2.75) is 32.7 Å². The molecule has 0 aromatic heterocycles. The molecule has 0 bridgehead atoms. The number of ether oxygens (including phenoxy) is 3. The van der Waals surface area contributed by atoms with Crippen LogP contribution >= 0.6 is 0 Å². The summed E-state index contributed by atoms with van der Waals surface area (Å²) in [7, 11) is 1.48. The number of carbonyl (C=O) groups excluding carboxylic acids is 3. The van der Waals surface area contributed by atoms with Crippen molar-refractivity contribution >= 4 is 23.5 Å². The lowest BCUT2D eigenvalue weighted by atomic mass is 10.1. The Labute approximate surface area is 187 Å². The van der Waals surface area contributed by atoms with Crippen LogP contribution in [0.5, 0.6) is 11.5 Å². The number of nitrogens with one attached hydrogen (secondary N) is 2. The molecule has 0 heterocycles. The predicted octanol–water partition coefficient (Wildman–Crippen LogP) is 3.42. The summed E-state index contributed by atoms with van der Waals surface area (Å²) in [5.74, 6) is -0.195. The van der Waals surface area contributed by atoms with Crippen LogP contribution in [0.4, 0.5) is 5.69 Å². The van der Waals surface area contributed by atoms with Crippen LogP contribution in [0.2, 0.25) is 0 Å². The molecule has 1 fully saturated rings. The number of benzene rings is 2. The van der Waals surface area contributed by atoms with Gasteiger partial charge in [0.2, 0.25) is 0 Å². The Hall–Kier alpha value is -3.55. The van der Waals surface area contributed by atoms with Gasteiger partial charge in [-0.15, -0.1) is 0 Å². The molecule has 0 spiro atoms. The van der Waals surface area contributed by atoms with Crippen LogP contribution in [0, 0.1) is 5.92 Å². The van der Waals surface area contributed by atoms with Gasteiger partial charge in [0.1, 0.15) is 0 Å². The molecule has 8 nitrogen and oxygen atoms in total. The van der Waals surface area contributed by atoms with Crippen molar-refractivity contribution in [2.24, 2.45) is 5.92 Å². The van der Waals surface area contributed by atoms with Gasteiger partial charge in [0.05, 0.1) is 30.5 Å². The van der Waals surface area contributed by atoms with Crippen molar-refractivity contribution in [3.05, 3.63) is 53.6 Å². The third kappa shape index (κ3) is 6.47. The summed E-state index contributed by atoms with van der Waals surface area (Å²) in [4.78, 5) is 37.1. The quantitative estimate of drug-likeness (QED) is 0.549. The van der Waals surface area contributed by atoms with Crippen LogP contribution in [-0.2, 0) is 9.53 Å². The van der Waals surface area contributed by atoms with Crippen molar-refractivity contribution in [1.82, 2.24) is 5.32 Å². The minimum absolute atomic E-state index is 0.200. The molecule has 1 aliphatic rings. The molecule has 8 heteroatoms. The topological polar surface area (TPSA) is 103 Å². The molecule has 2 aromatic rings. The van der Waals surface area contributed by atoms with E-state index in [4.69, 9.17) is 14.2 Å². The molecule has 2 amide bonds. The third-order valence-electron chi connectivity index (χ3n) is 4.66. The normalized spacial score (nSPS) is 12.8. The predicted molar refractivity (Wildman–Crippen MR) is 119 cm³/mol. The van der Waals surface area contributed by atoms with Crippen molar-refractivity contribution in [3.8, 4) is 11.5 Å². The van der Waals surface area contributed by atoms with Gasteiger partial charge in [-0.1, -0.05) is 26.0 Å². The van der Waals surface area contributed by atoms with Crippen LogP contribution in [0.3, 0.4) is 0 Å². The molecule has 1 aliphatic carbocycles. The highest BCUT2D eigenvalue weighted by Crippen LogP contribution is 2.29. The van der Waals surface area contributed by atoms with Crippen LogP contribution in [0.15, 0.2) is 42.5 Å². The third-order valence-corrected chi connectivity index (χ3v) is 4.66. The Balaban J connectivity index is 1.57. The second kappa shape index (κ2) is 10.7. The molecule has 2 N–H and O–H groups in total. The Morgan fingerprint density at radius 1 is 1.06 bits per heavy atom. The maximum absolute atomic E-state index is 12.4. The number of rotatable bonds is 10. The van der Waals surface area contributed by atoms with Gasteiger partial charge < -0.3 is 24.8 Å². The van der Waals surface area contributed by atoms with Crippen molar-refractivity contribution in [1.29, 1.82) is 0 Å². The number of anilines is 1. The number of methoxy groups -OCH3 is 1. The minimum atomic E-state index is -0.673. The molecule has 0 aliphatic heterocycles. The van der Waals surface area contributed by atoms with Crippen LogP contribution < -0.4 is 20.1 Å². The first kappa shape index (κ1) is 23.1. The molecular weight excluding hydrogens is 412 g/mol. The minimum Gasteiger partial charge on any atom is -0.493 e. The summed E-state index contributed by atoms with van der Waals surface area (Å²) in [5, 5.41) is 5.52. The van der Waals surface area contributed by atoms with Crippen molar-refractivity contribution < 1.29 is 28.6 Å². The van der Waals surface area contributed by atoms with E-state index in [0.29, 0.717) is 35.3 Å². The first-order chi connectivity index (χ1) is 15.4. The van der Waals surface area contributed by atoms with E-state index < -0.39 is 18.5 Å². The van der Waals surface area contributed by atoms with Gasteiger partial charge in [0.25, 0.3) is 11.8 Å². The zero-order chi connectivity index (χ0) is 23.1. The van der Waals surface area contributed by atoms with Crippen molar-refractivity contribution in [2.75, 3.05) is 25.6 Å². The lowest BCUT2D eigenvalue weighted by molar-refractivity contribution is -0.119. The van der Waals surface area contributed by atoms with E-state index in [9.17, 15) is 14.4 Å². The average Bonchev–Trinajstić information content (AvgIpc) is 3.60. The zero-order valence-electron chi connectivity index (χ0n) is 18.5. The molecule has 0 atom stereocenters. The highest BCUT2D eigenvalue weighted by atomic mass is 16.5. The summed E-state index contributed by atoms with van der Waals surface area (Å²) in [6, 6.07) is 11.6. The van der Waals surface area contributed by atoms with E-state index in [-0.39, 0.29) is 17.5 Å². The molecule has 170 valence electrons. The Morgan fingerprint density at radius 3 is 2.50 bits per heavy atom. The van der Waals surface area contributed by atoms with E-state index in [2.05, 4.69) is 10.6 Å². The number of carbonyl (C=O) groups is 3. The molecule has 0 saturated heterocycles. The molecule has 1 saturated carbocycles. The molecule has 32 heavy (non-hydrogen) atoms. The fourth-order valence-electron chi connectivity index (χ4n) is 2.85. The number of para-hydroxylation sites is 1. The van der Waals surface area contributed by atoms with E-state index in [1.807, 2.05) is 13.8 Å². The monoisotopic (exact) mass is 440 g/mol. The fourth-order valence-corrected chi connectivity index (χ4v) is 2.85. The first-order valence-electron chi connectivity index (χ1n) is 10.5. The highest BCUT2D eigenvalue weighted by Gasteiger charge is 2.25. The summed E-state index contributed by atoms with van der Waals surface area (Å²) in [6.45, 7) is 4.08. The molecule has 0 radical (unpaired) electrons. The van der Waals surface area contributed by atoms with Crippen LogP contribution in [0.1, 0.15) is 47.4 Å². The first-order valence-corrected chi connectivity index (χ1v) is 10.5. The van der Waals surface area contributed by atoms with Gasteiger partial charge in [-0.3, -0.25) is 9.59 Å². The molecule has 3 rings (SSSR count). The largest absolute Gasteiger partial charge is 0.493 e. The number of amides is 2. The highest BCUT2D eigenvalue weighted by molar-refractivity contribution is 6.04. The second-order valence-electron chi connectivity index (χ2n) is 7.99.